The third-order valence-corrected chi connectivity index (χ3v) is 3.79. The lowest BCUT2D eigenvalue weighted by atomic mass is 10.2. The first-order valence-electron chi connectivity index (χ1n) is 7.40. The molecule has 122 valence electrons. The van der Waals surface area contributed by atoms with Crippen molar-refractivity contribution in [1.29, 1.82) is 0 Å². The molecule has 1 unspecified atom stereocenters. The molecule has 1 atom stereocenters. The topological polar surface area (TPSA) is 41.6 Å². The van der Waals surface area contributed by atoms with Gasteiger partial charge >= 0.3 is 6.09 Å². The molecule has 1 aliphatic rings. The maximum atomic E-state index is 13.0. The van der Waals surface area contributed by atoms with Crippen LogP contribution in [0.15, 0.2) is 18.2 Å². The molecule has 0 aromatic heterocycles. The van der Waals surface area contributed by atoms with Crippen molar-refractivity contribution in [2.75, 3.05) is 13.1 Å². The summed E-state index contributed by atoms with van der Waals surface area (Å²) < 4.78 is 18.4. The summed E-state index contributed by atoms with van der Waals surface area (Å²) in [7, 11) is 0. The first-order chi connectivity index (χ1) is 10.2. The van der Waals surface area contributed by atoms with E-state index in [9.17, 15) is 9.18 Å². The highest BCUT2D eigenvalue weighted by atomic mass is 35.5. The number of hydrogen-bond acceptors (Lipinski definition) is 3. The van der Waals surface area contributed by atoms with Gasteiger partial charge in [0.1, 0.15) is 11.4 Å². The summed E-state index contributed by atoms with van der Waals surface area (Å²) in [4.78, 5) is 13.7. The lowest BCUT2D eigenvalue weighted by Gasteiger charge is -2.24. The number of benzene rings is 1. The maximum Gasteiger partial charge on any atom is 0.410 e. The average molecular weight is 329 g/mol. The highest BCUT2D eigenvalue weighted by molar-refractivity contribution is 6.31. The van der Waals surface area contributed by atoms with E-state index in [0.29, 0.717) is 24.7 Å². The fourth-order valence-electron chi connectivity index (χ4n) is 2.34. The van der Waals surface area contributed by atoms with Crippen molar-refractivity contribution in [3.63, 3.8) is 0 Å². The van der Waals surface area contributed by atoms with Crippen LogP contribution in [0.4, 0.5) is 9.18 Å². The zero-order valence-electron chi connectivity index (χ0n) is 13.2. The number of amides is 1. The molecule has 1 amide bonds. The van der Waals surface area contributed by atoms with Gasteiger partial charge in [0, 0.05) is 30.7 Å². The SMILES string of the molecule is CC(C)(C)OC(=O)N1CCC(NCc2ccc(F)cc2Cl)C1. The van der Waals surface area contributed by atoms with E-state index in [4.69, 9.17) is 16.3 Å². The minimum absolute atomic E-state index is 0.189. The Balaban J connectivity index is 1.82. The van der Waals surface area contributed by atoms with E-state index in [1.807, 2.05) is 20.8 Å². The zero-order chi connectivity index (χ0) is 16.3. The Morgan fingerprint density at radius 3 is 2.86 bits per heavy atom. The fourth-order valence-corrected chi connectivity index (χ4v) is 2.57. The van der Waals surface area contributed by atoms with E-state index in [0.717, 1.165) is 12.0 Å². The van der Waals surface area contributed by atoms with Gasteiger partial charge in [-0.05, 0) is 44.9 Å². The molecule has 22 heavy (non-hydrogen) atoms. The molecule has 0 saturated carbocycles. The van der Waals surface area contributed by atoms with Crippen molar-refractivity contribution in [2.24, 2.45) is 0 Å². The molecular formula is C16H22ClFN2O2. The number of nitrogens with one attached hydrogen (secondary N) is 1. The molecule has 1 saturated heterocycles. The van der Waals surface area contributed by atoms with E-state index in [1.54, 1.807) is 11.0 Å². The molecular weight excluding hydrogens is 307 g/mol. The predicted molar refractivity (Wildman–Crippen MR) is 84.5 cm³/mol. The number of hydrogen-bond donors (Lipinski definition) is 1. The van der Waals surface area contributed by atoms with Crippen LogP contribution in [0.2, 0.25) is 5.02 Å². The van der Waals surface area contributed by atoms with Crippen LogP contribution in [0.3, 0.4) is 0 Å². The second-order valence-electron chi connectivity index (χ2n) is 6.53. The summed E-state index contributed by atoms with van der Waals surface area (Å²) in [6, 6.07) is 4.56. The van der Waals surface area contributed by atoms with Crippen LogP contribution in [0.25, 0.3) is 0 Å². The Morgan fingerprint density at radius 1 is 1.50 bits per heavy atom. The summed E-state index contributed by atoms with van der Waals surface area (Å²) in [5, 5.41) is 3.76. The molecule has 1 aromatic carbocycles. The third-order valence-electron chi connectivity index (χ3n) is 3.44. The summed E-state index contributed by atoms with van der Waals surface area (Å²) in [6.07, 6.45) is 0.578. The Bertz CT molecular complexity index is 545. The highest BCUT2D eigenvalue weighted by Gasteiger charge is 2.29. The standard InChI is InChI=1S/C16H22ClFN2O2/c1-16(2,3)22-15(21)20-7-6-13(10-20)19-9-11-4-5-12(18)8-14(11)17/h4-5,8,13,19H,6-7,9-10H2,1-3H3. The monoisotopic (exact) mass is 328 g/mol. The fraction of sp³-hybridized carbons (Fsp3) is 0.562. The summed E-state index contributed by atoms with van der Waals surface area (Å²) in [5.41, 5.74) is 0.364. The van der Waals surface area contributed by atoms with Gasteiger partial charge in [0.15, 0.2) is 0 Å². The lowest BCUT2D eigenvalue weighted by Crippen LogP contribution is -2.38. The summed E-state index contributed by atoms with van der Waals surface area (Å²) in [5.74, 6) is -0.342. The van der Waals surface area contributed by atoms with Crippen molar-refractivity contribution < 1.29 is 13.9 Å². The van der Waals surface area contributed by atoms with Gasteiger partial charge in [-0.25, -0.2) is 9.18 Å². The van der Waals surface area contributed by atoms with Gasteiger partial charge in [0.05, 0.1) is 0 Å². The molecule has 0 radical (unpaired) electrons. The molecule has 1 N–H and O–H groups in total. The molecule has 0 aliphatic carbocycles. The summed E-state index contributed by atoms with van der Waals surface area (Å²) >= 11 is 6.00. The van der Waals surface area contributed by atoms with Crippen molar-refractivity contribution in [3.8, 4) is 0 Å². The molecule has 4 nitrogen and oxygen atoms in total. The highest BCUT2D eigenvalue weighted by Crippen LogP contribution is 2.19. The van der Waals surface area contributed by atoms with Crippen molar-refractivity contribution in [1.82, 2.24) is 10.2 Å². The van der Waals surface area contributed by atoms with Crippen molar-refractivity contribution in [3.05, 3.63) is 34.6 Å². The number of ether oxygens (including phenoxy) is 1. The average Bonchev–Trinajstić information content (AvgIpc) is 2.84. The molecule has 1 heterocycles. The second-order valence-corrected chi connectivity index (χ2v) is 6.94. The molecule has 2 rings (SSSR count). The predicted octanol–water partition coefficient (Wildman–Crippen LogP) is 3.58. The molecule has 0 bridgehead atoms. The number of nitrogens with zero attached hydrogens (tertiary/aromatic N) is 1. The van der Waals surface area contributed by atoms with E-state index >= 15 is 0 Å². The zero-order valence-corrected chi connectivity index (χ0v) is 13.9. The first-order valence-corrected chi connectivity index (χ1v) is 7.77. The van der Waals surface area contributed by atoms with Gasteiger partial charge in [-0.1, -0.05) is 17.7 Å². The number of halogens is 2. The Hall–Kier alpha value is -1.33. The van der Waals surface area contributed by atoms with Crippen LogP contribution >= 0.6 is 11.6 Å². The van der Waals surface area contributed by atoms with Gasteiger partial charge in [0.2, 0.25) is 0 Å². The minimum atomic E-state index is -0.482. The van der Waals surface area contributed by atoms with E-state index in [1.165, 1.54) is 12.1 Å². The van der Waals surface area contributed by atoms with Gasteiger partial charge < -0.3 is 15.0 Å². The molecule has 6 heteroatoms. The van der Waals surface area contributed by atoms with Crippen LogP contribution in [0.1, 0.15) is 32.8 Å². The Kier molecular flexibility index (Phi) is 5.29. The smallest absolute Gasteiger partial charge is 0.410 e. The number of carbonyl (C=O) groups is 1. The second kappa shape index (κ2) is 6.84. The number of carbonyl (C=O) groups excluding carboxylic acids is 1. The molecule has 1 aromatic rings. The van der Waals surface area contributed by atoms with Gasteiger partial charge in [0.25, 0.3) is 0 Å². The van der Waals surface area contributed by atoms with Crippen molar-refractivity contribution >= 4 is 17.7 Å². The van der Waals surface area contributed by atoms with Crippen LogP contribution in [0.5, 0.6) is 0 Å². The van der Waals surface area contributed by atoms with E-state index in [-0.39, 0.29) is 18.0 Å². The first kappa shape index (κ1) is 17.0. The van der Waals surface area contributed by atoms with Crippen LogP contribution in [0, 0.1) is 5.82 Å². The van der Waals surface area contributed by atoms with Crippen LogP contribution in [-0.2, 0) is 11.3 Å². The molecule has 0 spiro atoms. The van der Waals surface area contributed by atoms with Gasteiger partial charge in [-0.15, -0.1) is 0 Å². The minimum Gasteiger partial charge on any atom is -0.444 e. The molecule has 1 aliphatic heterocycles. The van der Waals surface area contributed by atoms with E-state index < -0.39 is 5.60 Å². The van der Waals surface area contributed by atoms with Gasteiger partial charge in [-0.2, -0.15) is 0 Å². The Labute approximate surface area is 135 Å². The van der Waals surface area contributed by atoms with E-state index in [2.05, 4.69) is 5.32 Å². The number of likely N-dealkylation sites (tertiary alicyclic amines) is 1. The largest absolute Gasteiger partial charge is 0.444 e. The molecule has 1 fully saturated rings. The lowest BCUT2D eigenvalue weighted by molar-refractivity contribution is 0.0291. The van der Waals surface area contributed by atoms with Crippen LogP contribution < -0.4 is 5.32 Å². The normalized spacial score (nSPS) is 18.6. The quantitative estimate of drug-likeness (QED) is 0.922. The number of rotatable bonds is 3. The van der Waals surface area contributed by atoms with Gasteiger partial charge in [-0.3, -0.25) is 0 Å². The summed E-state index contributed by atoms with van der Waals surface area (Å²) in [6.45, 7) is 7.39. The Morgan fingerprint density at radius 2 is 2.23 bits per heavy atom. The maximum absolute atomic E-state index is 13.0. The van der Waals surface area contributed by atoms with Crippen molar-refractivity contribution in [2.45, 2.75) is 45.4 Å². The van der Waals surface area contributed by atoms with Crippen LogP contribution in [-0.4, -0.2) is 35.7 Å². The third kappa shape index (κ3) is 4.85.